The Morgan fingerprint density at radius 2 is 1.82 bits per heavy atom. The molecule has 0 atom stereocenters. The minimum absolute atomic E-state index is 0.249. The van der Waals surface area contributed by atoms with E-state index in [0.717, 1.165) is 12.8 Å². The van der Waals surface area contributed by atoms with Crippen molar-refractivity contribution < 1.29 is 9.18 Å². The number of halogens is 1. The minimum Gasteiger partial charge on any atom is -0.297 e. The third kappa shape index (κ3) is 7.50. The summed E-state index contributed by atoms with van der Waals surface area (Å²) in [5.41, 5.74) is 0. The second-order valence-corrected chi connectivity index (χ2v) is 2.84. The van der Waals surface area contributed by atoms with Crippen LogP contribution in [0.1, 0.15) is 45.4 Å². The fraction of sp³-hybridized carbons (Fsp3) is 0.889. The SMILES string of the molecule is CCCCCCCC(=O)CF. The van der Waals surface area contributed by atoms with Gasteiger partial charge in [-0.3, -0.25) is 4.79 Å². The number of rotatable bonds is 7. The van der Waals surface area contributed by atoms with Crippen LogP contribution in [-0.2, 0) is 4.79 Å². The number of carbonyl (C=O) groups excluding carboxylic acids is 1. The molecule has 0 aromatic carbocycles. The van der Waals surface area contributed by atoms with Crippen LogP contribution in [0.3, 0.4) is 0 Å². The van der Waals surface area contributed by atoms with Crippen molar-refractivity contribution in [2.24, 2.45) is 0 Å². The van der Waals surface area contributed by atoms with Crippen molar-refractivity contribution >= 4 is 5.78 Å². The molecule has 0 spiro atoms. The quantitative estimate of drug-likeness (QED) is 0.523. The van der Waals surface area contributed by atoms with E-state index in [-0.39, 0.29) is 5.78 Å². The predicted octanol–water partition coefficient (Wildman–Crippen LogP) is 2.89. The molecule has 0 amide bonds. The van der Waals surface area contributed by atoms with Crippen molar-refractivity contribution in [3.8, 4) is 0 Å². The summed E-state index contributed by atoms with van der Waals surface area (Å²) in [6.45, 7) is 1.36. The first-order valence-corrected chi connectivity index (χ1v) is 4.39. The summed E-state index contributed by atoms with van der Waals surface area (Å²) in [7, 11) is 0. The number of Topliss-reactive ketones (excluding diaryl/α,β-unsaturated/α-hetero) is 1. The second-order valence-electron chi connectivity index (χ2n) is 2.84. The van der Waals surface area contributed by atoms with Crippen molar-refractivity contribution in [2.45, 2.75) is 45.4 Å². The molecule has 0 aliphatic heterocycles. The van der Waals surface area contributed by atoms with Gasteiger partial charge in [0, 0.05) is 6.42 Å². The first-order chi connectivity index (χ1) is 5.31. The fourth-order valence-electron chi connectivity index (χ4n) is 0.993. The van der Waals surface area contributed by atoms with Gasteiger partial charge in [0.1, 0.15) is 6.67 Å². The Hall–Kier alpha value is -0.400. The van der Waals surface area contributed by atoms with Crippen molar-refractivity contribution in [1.82, 2.24) is 0 Å². The number of alkyl halides is 1. The Labute approximate surface area is 68.0 Å². The fourth-order valence-corrected chi connectivity index (χ4v) is 0.993. The van der Waals surface area contributed by atoms with E-state index >= 15 is 0 Å². The zero-order valence-corrected chi connectivity index (χ0v) is 7.24. The van der Waals surface area contributed by atoms with Crippen LogP contribution in [0.4, 0.5) is 4.39 Å². The molecule has 0 radical (unpaired) electrons. The first kappa shape index (κ1) is 10.6. The molecule has 11 heavy (non-hydrogen) atoms. The lowest BCUT2D eigenvalue weighted by atomic mass is 10.1. The van der Waals surface area contributed by atoms with Crippen molar-refractivity contribution in [3.63, 3.8) is 0 Å². The van der Waals surface area contributed by atoms with Crippen LogP contribution in [0, 0.1) is 0 Å². The van der Waals surface area contributed by atoms with E-state index < -0.39 is 6.67 Å². The van der Waals surface area contributed by atoms with Crippen molar-refractivity contribution in [2.75, 3.05) is 6.67 Å². The molecule has 0 heterocycles. The van der Waals surface area contributed by atoms with Gasteiger partial charge in [0.15, 0.2) is 5.78 Å². The monoisotopic (exact) mass is 160 g/mol. The summed E-state index contributed by atoms with van der Waals surface area (Å²) in [5, 5.41) is 0. The van der Waals surface area contributed by atoms with Crippen LogP contribution < -0.4 is 0 Å². The van der Waals surface area contributed by atoms with Gasteiger partial charge in [-0.1, -0.05) is 32.6 Å². The third-order valence-electron chi connectivity index (χ3n) is 1.71. The van der Waals surface area contributed by atoms with Crippen LogP contribution >= 0.6 is 0 Å². The summed E-state index contributed by atoms with van der Waals surface area (Å²) < 4.78 is 11.6. The Kier molecular flexibility index (Phi) is 7.42. The van der Waals surface area contributed by atoms with Gasteiger partial charge in [-0.25, -0.2) is 4.39 Å². The van der Waals surface area contributed by atoms with Crippen molar-refractivity contribution in [1.29, 1.82) is 0 Å². The number of carbonyl (C=O) groups is 1. The Bertz CT molecular complexity index is 102. The van der Waals surface area contributed by atoms with Crippen LogP contribution in [-0.4, -0.2) is 12.5 Å². The molecule has 0 unspecified atom stereocenters. The van der Waals surface area contributed by atoms with E-state index in [0.29, 0.717) is 6.42 Å². The molecule has 66 valence electrons. The Morgan fingerprint density at radius 1 is 1.18 bits per heavy atom. The molecule has 0 fully saturated rings. The zero-order chi connectivity index (χ0) is 8.53. The van der Waals surface area contributed by atoms with Gasteiger partial charge in [0.2, 0.25) is 0 Å². The molecule has 2 heteroatoms. The van der Waals surface area contributed by atoms with Gasteiger partial charge < -0.3 is 0 Å². The van der Waals surface area contributed by atoms with Gasteiger partial charge in [-0.2, -0.15) is 0 Å². The molecule has 0 aromatic heterocycles. The molecule has 0 aromatic rings. The molecule has 0 bridgehead atoms. The lowest BCUT2D eigenvalue weighted by molar-refractivity contribution is -0.120. The lowest BCUT2D eigenvalue weighted by Gasteiger charge is -1.96. The molecular weight excluding hydrogens is 143 g/mol. The summed E-state index contributed by atoms with van der Waals surface area (Å²) in [5.74, 6) is -0.249. The van der Waals surface area contributed by atoms with E-state index in [4.69, 9.17) is 0 Å². The summed E-state index contributed by atoms with van der Waals surface area (Å²) in [4.78, 5) is 10.5. The van der Waals surface area contributed by atoms with E-state index in [1.54, 1.807) is 0 Å². The summed E-state index contributed by atoms with van der Waals surface area (Å²) >= 11 is 0. The lowest BCUT2D eigenvalue weighted by Crippen LogP contribution is -1.98. The third-order valence-corrected chi connectivity index (χ3v) is 1.71. The number of ketones is 1. The van der Waals surface area contributed by atoms with E-state index in [1.165, 1.54) is 19.3 Å². The molecule has 0 aliphatic carbocycles. The zero-order valence-electron chi connectivity index (χ0n) is 7.24. The largest absolute Gasteiger partial charge is 0.297 e. The number of hydrogen-bond donors (Lipinski definition) is 0. The summed E-state index contributed by atoms with van der Waals surface area (Å²) in [6.07, 6.45) is 5.97. The normalized spacial score (nSPS) is 10.0. The van der Waals surface area contributed by atoms with Crippen LogP contribution in [0.15, 0.2) is 0 Å². The maximum atomic E-state index is 11.6. The minimum atomic E-state index is -0.784. The van der Waals surface area contributed by atoms with Crippen LogP contribution in [0.5, 0.6) is 0 Å². The van der Waals surface area contributed by atoms with Gasteiger partial charge in [0.25, 0.3) is 0 Å². The highest BCUT2D eigenvalue weighted by molar-refractivity contribution is 5.79. The molecule has 1 nitrogen and oxygen atoms in total. The van der Waals surface area contributed by atoms with Crippen molar-refractivity contribution in [3.05, 3.63) is 0 Å². The molecule has 0 N–H and O–H groups in total. The van der Waals surface area contributed by atoms with E-state index in [2.05, 4.69) is 6.92 Å². The predicted molar refractivity (Wildman–Crippen MR) is 44.4 cm³/mol. The van der Waals surface area contributed by atoms with Gasteiger partial charge in [-0.05, 0) is 6.42 Å². The number of unbranched alkanes of at least 4 members (excludes halogenated alkanes) is 4. The summed E-state index contributed by atoms with van der Waals surface area (Å²) in [6, 6.07) is 0. The average molecular weight is 160 g/mol. The highest BCUT2D eigenvalue weighted by Gasteiger charge is 1.98. The highest BCUT2D eigenvalue weighted by Crippen LogP contribution is 2.05. The van der Waals surface area contributed by atoms with Gasteiger partial charge >= 0.3 is 0 Å². The van der Waals surface area contributed by atoms with E-state index in [1.807, 2.05) is 0 Å². The van der Waals surface area contributed by atoms with E-state index in [9.17, 15) is 9.18 Å². The maximum Gasteiger partial charge on any atom is 0.163 e. The first-order valence-electron chi connectivity index (χ1n) is 4.39. The Morgan fingerprint density at radius 3 is 2.36 bits per heavy atom. The van der Waals surface area contributed by atoms with Gasteiger partial charge in [0.05, 0.1) is 0 Å². The molecule has 0 rings (SSSR count). The maximum absolute atomic E-state index is 11.6. The molecular formula is C9H17FO. The second kappa shape index (κ2) is 7.70. The van der Waals surface area contributed by atoms with Crippen LogP contribution in [0.25, 0.3) is 0 Å². The standard InChI is InChI=1S/C9H17FO/c1-2-3-4-5-6-7-9(11)8-10/h2-8H2,1H3. The average Bonchev–Trinajstić information content (AvgIpc) is 2.04. The van der Waals surface area contributed by atoms with Gasteiger partial charge in [-0.15, -0.1) is 0 Å². The highest BCUT2D eigenvalue weighted by atomic mass is 19.1. The van der Waals surface area contributed by atoms with Crippen LogP contribution in [0.2, 0.25) is 0 Å². The number of hydrogen-bond acceptors (Lipinski definition) is 1. The molecule has 0 saturated carbocycles. The molecule has 0 aliphatic rings. The smallest absolute Gasteiger partial charge is 0.163 e. The topological polar surface area (TPSA) is 17.1 Å². The Balaban J connectivity index is 2.95. The molecule has 0 saturated heterocycles.